The lowest BCUT2D eigenvalue weighted by Gasteiger charge is -2.15. The molecule has 0 amide bonds. The molecule has 0 radical (unpaired) electrons. The van der Waals surface area contributed by atoms with Crippen molar-refractivity contribution in [1.82, 2.24) is 0 Å². The molecular weight excluding hydrogens is 298 g/mol. The van der Waals surface area contributed by atoms with Gasteiger partial charge in [-0.15, -0.1) is 0 Å². The summed E-state index contributed by atoms with van der Waals surface area (Å²) in [5.41, 5.74) is 3.50. The summed E-state index contributed by atoms with van der Waals surface area (Å²) in [6, 6.07) is 17.8. The summed E-state index contributed by atoms with van der Waals surface area (Å²) >= 11 is 0. The normalized spacial score (nSPS) is 12.0. The Bertz CT molecular complexity index is 715. The van der Waals surface area contributed by atoms with Gasteiger partial charge in [0.2, 0.25) is 0 Å². The maximum atomic E-state index is 11.9. The van der Waals surface area contributed by atoms with Crippen LogP contribution >= 0.6 is 0 Å². The molecule has 0 heterocycles. The van der Waals surface area contributed by atoms with Gasteiger partial charge in [-0.3, -0.25) is 0 Å². The molecule has 1 unspecified atom stereocenters. The van der Waals surface area contributed by atoms with Gasteiger partial charge in [-0.25, -0.2) is 4.79 Å². The summed E-state index contributed by atoms with van der Waals surface area (Å²) in [4.78, 5) is 13.9. The third kappa shape index (κ3) is 4.85. The lowest BCUT2D eigenvalue weighted by atomic mass is 10.1. The van der Waals surface area contributed by atoms with Crippen molar-refractivity contribution in [2.45, 2.75) is 13.0 Å². The van der Waals surface area contributed by atoms with Crippen LogP contribution in [0.1, 0.15) is 24.2 Å². The summed E-state index contributed by atoms with van der Waals surface area (Å²) in [7, 11) is 4.01. The third-order valence-corrected chi connectivity index (χ3v) is 3.58. The standard InChI is InChI=1S/C21H23NO2/c1-16(2)21(23)24-20(18-8-6-5-7-9-18)15-12-17-10-13-19(14-11-17)22(3)4/h5-15,20H,1H2,2-4H3. The van der Waals surface area contributed by atoms with Crippen molar-refractivity contribution in [3.8, 4) is 0 Å². The molecule has 0 saturated heterocycles. The zero-order valence-corrected chi connectivity index (χ0v) is 14.4. The van der Waals surface area contributed by atoms with Crippen LogP contribution in [0.5, 0.6) is 0 Å². The molecule has 0 fully saturated rings. The van der Waals surface area contributed by atoms with E-state index >= 15 is 0 Å². The number of carbonyl (C=O) groups is 1. The molecule has 0 saturated carbocycles. The van der Waals surface area contributed by atoms with E-state index in [0.717, 1.165) is 16.8 Å². The molecule has 0 spiro atoms. The van der Waals surface area contributed by atoms with E-state index in [-0.39, 0.29) is 0 Å². The Morgan fingerprint density at radius 2 is 1.71 bits per heavy atom. The predicted molar refractivity (Wildman–Crippen MR) is 99.9 cm³/mol. The van der Waals surface area contributed by atoms with Gasteiger partial charge in [-0.1, -0.05) is 55.1 Å². The van der Waals surface area contributed by atoms with Gasteiger partial charge in [0.05, 0.1) is 0 Å². The molecule has 0 N–H and O–H groups in total. The lowest BCUT2D eigenvalue weighted by molar-refractivity contribution is -0.142. The van der Waals surface area contributed by atoms with E-state index in [2.05, 4.69) is 23.6 Å². The number of anilines is 1. The highest BCUT2D eigenvalue weighted by Crippen LogP contribution is 2.22. The van der Waals surface area contributed by atoms with Gasteiger partial charge in [0, 0.05) is 25.4 Å². The van der Waals surface area contributed by atoms with Crippen molar-refractivity contribution in [2.24, 2.45) is 0 Å². The number of hydrogen-bond acceptors (Lipinski definition) is 3. The second-order valence-electron chi connectivity index (χ2n) is 5.86. The van der Waals surface area contributed by atoms with Gasteiger partial charge >= 0.3 is 5.97 Å². The number of rotatable bonds is 6. The van der Waals surface area contributed by atoms with E-state index in [1.54, 1.807) is 6.92 Å². The highest BCUT2D eigenvalue weighted by atomic mass is 16.5. The average molecular weight is 321 g/mol. The monoisotopic (exact) mass is 321 g/mol. The first kappa shape index (κ1) is 17.5. The van der Waals surface area contributed by atoms with Gasteiger partial charge in [-0.2, -0.15) is 0 Å². The van der Waals surface area contributed by atoms with E-state index in [0.29, 0.717) is 5.57 Å². The van der Waals surface area contributed by atoms with Crippen LogP contribution in [-0.2, 0) is 9.53 Å². The number of hydrogen-bond donors (Lipinski definition) is 0. The summed E-state index contributed by atoms with van der Waals surface area (Å²) in [6.45, 7) is 5.29. The zero-order valence-electron chi connectivity index (χ0n) is 14.4. The van der Waals surface area contributed by atoms with Crippen molar-refractivity contribution in [3.05, 3.63) is 84.0 Å². The number of benzene rings is 2. The van der Waals surface area contributed by atoms with Gasteiger partial charge in [-0.05, 0) is 36.3 Å². The maximum absolute atomic E-state index is 11.9. The number of carbonyl (C=O) groups excluding carboxylic acids is 1. The Kier molecular flexibility index (Phi) is 5.96. The molecule has 24 heavy (non-hydrogen) atoms. The minimum absolute atomic E-state index is 0.389. The minimum Gasteiger partial charge on any atom is -0.450 e. The summed E-state index contributed by atoms with van der Waals surface area (Å²) in [5, 5.41) is 0. The van der Waals surface area contributed by atoms with Crippen LogP contribution in [0.15, 0.2) is 72.8 Å². The molecule has 3 nitrogen and oxygen atoms in total. The highest BCUT2D eigenvalue weighted by Gasteiger charge is 2.14. The first-order valence-corrected chi connectivity index (χ1v) is 7.84. The first-order valence-electron chi connectivity index (χ1n) is 7.84. The van der Waals surface area contributed by atoms with Crippen molar-refractivity contribution in [2.75, 3.05) is 19.0 Å². The van der Waals surface area contributed by atoms with Crippen molar-refractivity contribution in [1.29, 1.82) is 0 Å². The van der Waals surface area contributed by atoms with Crippen molar-refractivity contribution in [3.63, 3.8) is 0 Å². The Balaban J connectivity index is 2.20. The number of nitrogens with zero attached hydrogens (tertiary/aromatic N) is 1. The quantitative estimate of drug-likeness (QED) is 0.574. The van der Waals surface area contributed by atoms with Gasteiger partial charge in [0.1, 0.15) is 6.10 Å². The van der Waals surface area contributed by atoms with Crippen molar-refractivity contribution >= 4 is 17.7 Å². The predicted octanol–water partition coefficient (Wildman–Crippen LogP) is 4.63. The van der Waals surface area contributed by atoms with Gasteiger partial charge in [0.25, 0.3) is 0 Å². The lowest BCUT2D eigenvalue weighted by Crippen LogP contribution is -2.10. The molecule has 0 aliphatic heterocycles. The fraction of sp³-hybridized carbons (Fsp3) is 0.190. The van der Waals surface area contributed by atoms with Crippen molar-refractivity contribution < 1.29 is 9.53 Å². The largest absolute Gasteiger partial charge is 0.450 e. The van der Waals surface area contributed by atoms with Crippen LogP contribution in [0, 0.1) is 0 Å². The maximum Gasteiger partial charge on any atom is 0.334 e. The third-order valence-electron chi connectivity index (χ3n) is 3.58. The molecule has 0 aliphatic rings. The van der Waals surface area contributed by atoms with Crippen LogP contribution in [0.2, 0.25) is 0 Å². The average Bonchev–Trinajstić information content (AvgIpc) is 2.59. The molecule has 0 aliphatic carbocycles. The van der Waals surface area contributed by atoms with Gasteiger partial charge in [0.15, 0.2) is 0 Å². The SMILES string of the molecule is C=C(C)C(=O)OC(C=Cc1ccc(N(C)C)cc1)c1ccccc1. The summed E-state index contributed by atoms with van der Waals surface area (Å²) in [5.74, 6) is -0.392. The fourth-order valence-electron chi connectivity index (χ4n) is 2.16. The molecule has 2 aromatic rings. The van der Waals surface area contributed by atoms with E-state index in [9.17, 15) is 4.79 Å². The molecule has 3 heteroatoms. The Hall–Kier alpha value is -2.81. The van der Waals surface area contributed by atoms with Crippen LogP contribution in [0.25, 0.3) is 6.08 Å². The van der Waals surface area contributed by atoms with Crippen LogP contribution in [0.3, 0.4) is 0 Å². The molecule has 1 atom stereocenters. The summed E-state index contributed by atoms with van der Waals surface area (Å²) in [6.07, 6.45) is 3.41. The topological polar surface area (TPSA) is 29.5 Å². The minimum atomic E-state index is -0.441. The smallest absolute Gasteiger partial charge is 0.334 e. The second-order valence-corrected chi connectivity index (χ2v) is 5.86. The van der Waals surface area contributed by atoms with Gasteiger partial charge < -0.3 is 9.64 Å². The molecule has 2 aromatic carbocycles. The van der Waals surface area contributed by atoms with Crippen LogP contribution in [0.4, 0.5) is 5.69 Å². The first-order chi connectivity index (χ1) is 11.5. The fourth-order valence-corrected chi connectivity index (χ4v) is 2.16. The van der Waals surface area contributed by atoms with Crippen LogP contribution in [-0.4, -0.2) is 20.1 Å². The summed E-state index contributed by atoms with van der Waals surface area (Å²) < 4.78 is 5.55. The molecule has 0 aromatic heterocycles. The van der Waals surface area contributed by atoms with E-state index in [1.807, 2.05) is 68.7 Å². The Morgan fingerprint density at radius 1 is 1.08 bits per heavy atom. The second kappa shape index (κ2) is 8.16. The molecule has 0 bridgehead atoms. The van der Waals surface area contributed by atoms with E-state index in [4.69, 9.17) is 4.74 Å². The zero-order chi connectivity index (χ0) is 17.5. The molecule has 2 rings (SSSR count). The highest BCUT2D eigenvalue weighted by molar-refractivity contribution is 5.87. The van der Waals surface area contributed by atoms with E-state index < -0.39 is 12.1 Å². The Morgan fingerprint density at radius 3 is 2.25 bits per heavy atom. The molecule has 124 valence electrons. The molecular formula is C21H23NO2. The number of esters is 1. The van der Waals surface area contributed by atoms with Crippen LogP contribution < -0.4 is 4.90 Å². The Labute approximate surface area is 143 Å². The number of ether oxygens (including phenoxy) is 1. The van der Waals surface area contributed by atoms with E-state index in [1.165, 1.54) is 0 Å².